The summed E-state index contributed by atoms with van der Waals surface area (Å²) in [7, 11) is 3.96. The average molecular weight is 562 g/mol. The Morgan fingerprint density at radius 1 is 0.895 bits per heavy atom. The first kappa shape index (κ1) is 29.3. The van der Waals surface area contributed by atoms with Crippen LogP contribution in [0.15, 0.2) is 84.9 Å². The summed E-state index contributed by atoms with van der Waals surface area (Å²) in [5, 5.41) is 3.48. The van der Waals surface area contributed by atoms with Crippen molar-refractivity contribution < 1.29 is 18.0 Å². The number of hydrogen-bond donors (Lipinski definition) is 1. The van der Waals surface area contributed by atoms with E-state index < -0.39 is 11.7 Å². The molecular weight excluding hydrogens is 534 g/mol. The lowest BCUT2D eigenvalue weighted by molar-refractivity contribution is -0.137. The molecule has 0 saturated carbocycles. The molecule has 0 atom stereocenters. The molecule has 0 radical (unpaired) electrons. The maximum atomic E-state index is 13.5. The van der Waals surface area contributed by atoms with Gasteiger partial charge in [-0.1, -0.05) is 41.9 Å². The van der Waals surface area contributed by atoms with Crippen LogP contribution < -0.4 is 5.32 Å². The molecule has 4 nitrogen and oxygen atoms in total. The van der Waals surface area contributed by atoms with Gasteiger partial charge >= 0.3 is 6.18 Å². The van der Waals surface area contributed by atoms with Gasteiger partial charge in [-0.25, -0.2) is 0 Å². The summed E-state index contributed by atoms with van der Waals surface area (Å²) in [4.78, 5) is 14.6. The van der Waals surface area contributed by atoms with Crippen LogP contribution in [0.1, 0.15) is 22.3 Å². The predicted molar refractivity (Wildman–Crippen MR) is 149 cm³/mol. The molecule has 200 valence electrons. The van der Waals surface area contributed by atoms with E-state index in [0.29, 0.717) is 34.2 Å². The highest BCUT2D eigenvalue weighted by Crippen LogP contribution is 2.36. The number of carbonyl (C=O) groups excluding carboxylic acids is 1. The number of carbonyl (C=O) groups is 1. The molecule has 0 aliphatic carbocycles. The van der Waals surface area contributed by atoms with E-state index in [4.69, 9.17) is 11.6 Å². The number of alkyl halides is 3. The van der Waals surface area contributed by atoms with Crippen LogP contribution in [-0.4, -0.2) is 42.6 Å². The lowest BCUT2D eigenvalue weighted by atomic mass is 10.1. The summed E-state index contributed by atoms with van der Waals surface area (Å²) in [5.74, 6) is -0.166. The molecule has 1 N–H and O–H groups in total. The third kappa shape index (κ3) is 6.98. The molecule has 0 unspecified atom stereocenters. The molecule has 1 amide bonds. The summed E-state index contributed by atoms with van der Waals surface area (Å²) in [6.45, 7) is 1.45. The molecular formula is C29H28Cl2F3N3O. The summed E-state index contributed by atoms with van der Waals surface area (Å²) in [6.07, 6.45) is -3.62. The van der Waals surface area contributed by atoms with E-state index in [-0.39, 0.29) is 18.3 Å². The van der Waals surface area contributed by atoms with Gasteiger partial charge in [0.05, 0.1) is 17.0 Å². The highest BCUT2D eigenvalue weighted by Gasteiger charge is 2.31. The molecule has 0 spiro atoms. The second-order valence-electron chi connectivity index (χ2n) is 8.98. The van der Waals surface area contributed by atoms with Gasteiger partial charge in [0.25, 0.3) is 5.91 Å². The van der Waals surface area contributed by atoms with Gasteiger partial charge in [-0.05, 0) is 92.8 Å². The molecule has 0 aliphatic heterocycles. The summed E-state index contributed by atoms with van der Waals surface area (Å²) >= 11 is 6.06. The standard InChI is InChI=1S/C29H27ClF3N3O.ClH/c1-35(2)18-4-17-34-28(37)22-9-7-20(8-10-22)26-15-16-27(21-11-13-24(30)14-12-21)36(26)25-6-3-5-23(19-25)29(31,32)33;/h3,5-16,19H,4,17-18H2,1-2H3,(H,34,37);1H. The average Bonchev–Trinajstić information content (AvgIpc) is 3.32. The largest absolute Gasteiger partial charge is 0.416 e. The lowest BCUT2D eigenvalue weighted by Gasteiger charge is -2.16. The van der Waals surface area contributed by atoms with Crippen LogP contribution in [0.4, 0.5) is 13.2 Å². The van der Waals surface area contributed by atoms with Crippen molar-refractivity contribution in [2.45, 2.75) is 12.6 Å². The van der Waals surface area contributed by atoms with Crippen molar-refractivity contribution in [2.24, 2.45) is 0 Å². The zero-order valence-electron chi connectivity index (χ0n) is 20.9. The summed E-state index contributed by atoms with van der Waals surface area (Å²) in [6, 6.07) is 23.2. The number of hydrogen-bond acceptors (Lipinski definition) is 2. The highest BCUT2D eigenvalue weighted by molar-refractivity contribution is 6.30. The zero-order valence-corrected chi connectivity index (χ0v) is 22.5. The van der Waals surface area contributed by atoms with Crippen LogP contribution in [0.2, 0.25) is 5.02 Å². The monoisotopic (exact) mass is 561 g/mol. The molecule has 4 aromatic rings. The number of benzene rings is 3. The first-order chi connectivity index (χ1) is 17.6. The van der Waals surface area contributed by atoms with Gasteiger partial charge in [-0.15, -0.1) is 12.4 Å². The summed E-state index contributed by atoms with van der Waals surface area (Å²) < 4.78 is 42.3. The Morgan fingerprint density at radius 2 is 1.47 bits per heavy atom. The zero-order chi connectivity index (χ0) is 26.6. The number of aromatic nitrogens is 1. The van der Waals surface area contributed by atoms with Crippen molar-refractivity contribution in [3.05, 3.63) is 101 Å². The fourth-order valence-electron chi connectivity index (χ4n) is 4.10. The van der Waals surface area contributed by atoms with Gasteiger partial charge in [-0.3, -0.25) is 4.79 Å². The van der Waals surface area contributed by atoms with Gasteiger partial charge in [0.15, 0.2) is 0 Å². The van der Waals surface area contributed by atoms with Crippen molar-refractivity contribution in [1.29, 1.82) is 0 Å². The van der Waals surface area contributed by atoms with Crippen molar-refractivity contribution in [3.63, 3.8) is 0 Å². The Balaban J connectivity index is 0.00000400. The number of nitrogens with one attached hydrogen (secondary N) is 1. The van der Waals surface area contributed by atoms with Crippen molar-refractivity contribution >= 4 is 29.9 Å². The minimum absolute atomic E-state index is 0. The molecule has 1 heterocycles. The Hall–Kier alpha value is -3.26. The van der Waals surface area contributed by atoms with E-state index in [2.05, 4.69) is 10.2 Å². The molecule has 38 heavy (non-hydrogen) atoms. The van der Waals surface area contributed by atoms with Crippen LogP contribution in [-0.2, 0) is 6.18 Å². The van der Waals surface area contributed by atoms with Gasteiger partial charge < -0.3 is 14.8 Å². The van der Waals surface area contributed by atoms with E-state index in [9.17, 15) is 18.0 Å². The molecule has 0 saturated heterocycles. The first-order valence-electron chi connectivity index (χ1n) is 11.8. The molecule has 1 aromatic heterocycles. The molecule has 0 bridgehead atoms. The third-order valence-electron chi connectivity index (χ3n) is 5.96. The second kappa shape index (κ2) is 12.5. The van der Waals surface area contributed by atoms with Crippen LogP contribution in [0, 0.1) is 0 Å². The number of amides is 1. The number of halogens is 5. The molecule has 3 aromatic carbocycles. The van der Waals surface area contributed by atoms with E-state index in [1.807, 2.05) is 38.4 Å². The smallest absolute Gasteiger partial charge is 0.352 e. The summed E-state index contributed by atoms with van der Waals surface area (Å²) in [5.41, 5.74) is 3.15. The van der Waals surface area contributed by atoms with Crippen molar-refractivity contribution in [3.8, 4) is 28.2 Å². The van der Waals surface area contributed by atoms with Gasteiger partial charge in [0.1, 0.15) is 0 Å². The minimum Gasteiger partial charge on any atom is -0.352 e. The second-order valence-corrected chi connectivity index (χ2v) is 9.42. The molecule has 9 heteroatoms. The van der Waals surface area contributed by atoms with Gasteiger partial charge in [0, 0.05) is 22.8 Å². The fraction of sp³-hybridized carbons (Fsp3) is 0.207. The maximum Gasteiger partial charge on any atom is 0.416 e. The SMILES string of the molecule is CN(C)CCCNC(=O)c1ccc(-c2ccc(-c3ccc(Cl)cc3)n2-c2cccc(C(F)(F)F)c2)cc1.Cl. The number of rotatable bonds is 8. The normalized spacial score (nSPS) is 11.3. The van der Waals surface area contributed by atoms with E-state index >= 15 is 0 Å². The van der Waals surface area contributed by atoms with Crippen LogP contribution in [0.3, 0.4) is 0 Å². The molecule has 0 aliphatic rings. The first-order valence-corrected chi connectivity index (χ1v) is 12.2. The Labute approximate surface area is 231 Å². The Kier molecular flexibility index (Phi) is 9.66. The Morgan fingerprint density at radius 3 is 2.03 bits per heavy atom. The lowest BCUT2D eigenvalue weighted by Crippen LogP contribution is -2.27. The molecule has 4 rings (SSSR count). The van der Waals surface area contributed by atoms with Gasteiger partial charge in [-0.2, -0.15) is 13.2 Å². The topological polar surface area (TPSA) is 37.3 Å². The van der Waals surface area contributed by atoms with Crippen molar-refractivity contribution in [2.75, 3.05) is 27.2 Å². The quantitative estimate of drug-likeness (QED) is 0.225. The number of nitrogens with zero attached hydrogens (tertiary/aromatic N) is 2. The van der Waals surface area contributed by atoms with E-state index in [1.165, 1.54) is 6.07 Å². The van der Waals surface area contributed by atoms with Crippen LogP contribution in [0.25, 0.3) is 28.2 Å². The van der Waals surface area contributed by atoms with Crippen LogP contribution in [0.5, 0.6) is 0 Å². The Bertz CT molecular complexity index is 1370. The predicted octanol–water partition coefficient (Wildman–Crippen LogP) is 7.59. The molecule has 0 fully saturated rings. The maximum absolute atomic E-state index is 13.5. The van der Waals surface area contributed by atoms with E-state index in [1.54, 1.807) is 47.0 Å². The van der Waals surface area contributed by atoms with Gasteiger partial charge in [0.2, 0.25) is 0 Å². The fourth-order valence-corrected chi connectivity index (χ4v) is 4.23. The highest BCUT2D eigenvalue weighted by atomic mass is 35.5. The van der Waals surface area contributed by atoms with Crippen LogP contribution >= 0.6 is 24.0 Å². The minimum atomic E-state index is -4.47. The van der Waals surface area contributed by atoms with E-state index in [0.717, 1.165) is 36.2 Å². The van der Waals surface area contributed by atoms with Crippen molar-refractivity contribution in [1.82, 2.24) is 14.8 Å². The third-order valence-corrected chi connectivity index (χ3v) is 6.22.